The first kappa shape index (κ1) is 18.3. The molecule has 1 aromatic heterocycles. The molecule has 0 aromatic carbocycles. The Kier molecular flexibility index (Phi) is 5.94. The van der Waals surface area contributed by atoms with E-state index in [9.17, 15) is 10.0 Å². The molecule has 25 heavy (non-hydrogen) atoms. The molecule has 0 spiro atoms. The minimum absolute atomic E-state index is 0.0353. The molecule has 1 aliphatic carbocycles. The van der Waals surface area contributed by atoms with E-state index in [0.717, 1.165) is 11.3 Å². The molecule has 0 radical (unpaired) electrons. The number of amides is 1. The van der Waals surface area contributed by atoms with E-state index in [1.807, 2.05) is 19.9 Å². The minimum atomic E-state index is -0.495. The van der Waals surface area contributed by atoms with E-state index in [1.54, 1.807) is 31.3 Å². The Morgan fingerprint density at radius 1 is 1.40 bits per heavy atom. The summed E-state index contributed by atoms with van der Waals surface area (Å²) in [6.07, 6.45) is 5.45. The Morgan fingerprint density at radius 2 is 2.16 bits per heavy atom. The van der Waals surface area contributed by atoms with Crippen LogP contribution in [0, 0.1) is 0 Å². The molecular formula is C18H22N3O4+. The first-order chi connectivity index (χ1) is 12.0. The van der Waals surface area contributed by atoms with Crippen molar-refractivity contribution in [1.82, 2.24) is 5.32 Å². The molecule has 0 fully saturated rings. The molecule has 1 aromatic rings. The van der Waals surface area contributed by atoms with E-state index in [0.29, 0.717) is 22.8 Å². The van der Waals surface area contributed by atoms with Gasteiger partial charge in [0.05, 0.1) is 35.9 Å². The first-order valence-corrected chi connectivity index (χ1v) is 7.85. The summed E-state index contributed by atoms with van der Waals surface area (Å²) in [6.45, 7) is 4.19. The van der Waals surface area contributed by atoms with Crippen molar-refractivity contribution in [3.8, 4) is 5.88 Å². The molecule has 0 saturated heterocycles. The van der Waals surface area contributed by atoms with Crippen LogP contribution in [-0.4, -0.2) is 37.6 Å². The van der Waals surface area contributed by atoms with E-state index < -0.39 is 5.91 Å². The van der Waals surface area contributed by atoms with Gasteiger partial charge in [0.2, 0.25) is 0 Å². The van der Waals surface area contributed by atoms with Gasteiger partial charge in [-0.25, -0.2) is 0 Å². The van der Waals surface area contributed by atoms with E-state index in [4.69, 9.17) is 9.47 Å². The number of ether oxygens (including phenoxy) is 2. The van der Waals surface area contributed by atoms with Gasteiger partial charge in [-0.1, -0.05) is 6.08 Å². The van der Waals surface area contributed by atoms with Crippen molar-refractivity contribution < 1.29 is 24.2 Å². The first-order valence-electron chi connectivity index (χ1n) is 7.85. The van der Waals surface area contributed by atoms with Gasteiger partial charge in [-0.05, 0) is 31.6 Å². The molecule has 1 heterocycles. The number of allylic oxidation sites excluding steroid dienone is 4. The smallest absolute Gasteiger partial charge is 0.417 e. The van der Waals surface area contributed by atoms with Crippen molar-refractivity contribution in [3.63, 3.8) is 0 Å². The Labute approximate surface area is 146 Å². The lowest BCUT2D eigenvalue weighted by Gasteiger charge is -2.19. The highest BCUT2D eigenvalue weighted by atomic mass is 16.5. The molecule has 1 amide bonds. The summed E-state index contributed by atoms with van der Waals surface area (Å²) >= 11 is 0. The highest BCUT2D eigenvalue weighted by Crippen LogP contribution is 2.21. The van der Waals surface area contributed by atoms with Crippen molar-refractivity contribution in [2.24, 2.45) is 4.99 Å². The van der Waals surface area contributed by atoms with Crippen LogP contribution in [0.2, 0.25) is 0 Å². The van der Waals surface area contributed by atoms with Gasteiger partial charge in [-0.3, -0.25) is 15.0 Å². The van der Waals surface area contributed by atoms with Crippen LogP contribution in [0.1, 0.15) is 24.3 Å². The summed E-state index contributed by atoms with van der Waals surface area (Å²) in [6, 6.07) is 4.65. The highest BCUT2D eigenvalue weighted by Gasteiger charge is 2.27. The van der Waals surface area contributed by atoms with Gasteiger partial charge in [0.25, 0.3) is 0 Å². The Balaban J connectivity index is 2.35. The number of rotatable bonds is 5. The molecule has 0 aliphatic heterocycles. The maximum Gasteiger partial charge on any atom is 0.417 e. The second-order valence-corrected chi connectivity index (χ2v) is 5.07. The van der Waals surface area contributed by atoms with Crippen molar-refractivity contribution in [2.45, 2.75) is 13.8 Å². The monoisotopic (exact) mass is 344 g/mol. The molecule has 2 rings (SSSR count). The van der Waals surface area contributed by atoms with Gasteiger partial charge in [-0.15, -0.1) is 0 Å². The summed E-state index contributed by atoms with van der Waals surface area (Å²) in [5.41, 5.74) is 2.16. The average Bonchev–Trinajstić information content (AvgIpc) is 2.62. The number of carbonyl (C=O) groups excluding carboxylic acids is 1. The molecular weight excluding hydrogens is 322 g/mol. The van der Waals surface area contributed by atoms with Gasteiger partial charge in [0.1, 0.15) is 5.76 Å². The van der Waals surface area contributed by atoms with E-state index in [2.05, 4.69) is 10.3 Å². The zero-order valence-corrected chi connectivity index (χ0v) is 14.7. The third-order valence-electron chi connectivity index (χ3n) is 3.60. The van der Waals surface area contributed by atoms with E-state index in [-0.39, 0.29) is 11.6 Å². The normalized spacial score (nSPS) is 17.1. The fourth-order valence-corrected chi connectivity index (χ4v) is 2.38. The second kappa shape index (κ2) is 8.14. The average molecular weight is 344 g/mol. The summed E-state index contributed by atoms with van der Waals surface area (Å²) in [5, 5.41) is 12.8. The van der Waals surface area contributed by atoms with Gasteiger partial charge in [-0.2, -0.15) is 0 Å². The third kappa shape index (κ3) is 3.88. The molecule has 7 heteroatoms. The van der Waals surface area contributed by atoms with Crippen molar-refractivity contribution in [2.75, 3.05) is 20.8 Å². The van der Waals surface area contributed by atoms with Gasteiger partial charge >= 0.3 is 17.5 Å². The lowest BCUT2D eigenvalue weighted by molar-refractivity contribution is -0.907. The maximum atomic E-state index is 12.6. The molecule has 132 valence electrons. The number of hydrogen-bond donors (Lipinski definition) is 2. The Morgan fingerprint density at radius 3 is 2.76 bits per heavy atom. The van der Waals surface area contributed by atoms with Gasteiger partial charge in [0, 0.05) is 19.2 Å². The largest absolute Gasteiger partial charge is 0.492 e. The minimum Gasteiger partial charge on any atom is -0.492 e. The lowest BCUT2D eigenvalue weighted by atomic mass is 10.0. The van der Waals surface area contributed by atoms with Crippen molar-refractivity contribution in [1.29, 1.82) is 0 Å². The Hall–Kier alpha value is -3.09. The van der Waals surface area contributed by atoms with Gasteiger partial charge < -0.3 is 14.8 Å². The van der Waals surface area contributed by atoms with E-state index in [1.165, 1.54) is 13.2 Å². The molecule has 0 saturated carbocycles. The van der Waals surface area contributed by atoms with Crippen LogP contribution < -0.4 is 14.8 Å². The fraction of sp³-hybridized carbons (Fsp3) is 0.278. The molecule has 0 unspecified atom stereocenters. The van der Waals surface area contributed by atoms with Crippen molar-refractivity contribution >= 4 is 11.6 Å². The molecule has 1 aliphatic rings. The fourth-order valence-electron chi connectivity index (χ4n) is 2.38. The summed E-state index contributed by atoms with van der Waals surface area (Å²) in [7, 11) is 3.11. The van der Waals surface area contributed by atoms with Crippen LogP contribution in [0.3, 0.4) is 0 Å². The predicted molar refractivity (Wildman–Crippen MR) is 92.7 cm³/mol. The summed E-state index contributed by atoms with van der Waals surface area (Å²) in [4.78, 5) is 16.8. The number of aromatic nitrogens is 1. The van der Waals surface area contributed by atoms with Crippen LogP contribution >= 0.6 is 0 Å². The molecule has 7 nitrogen and oxygen atoms in total. The number of nitrogens with one attached hydrogen (secondary N) is 1. The Bertz CT molecular complexity index is 792. The second-order valence-electron chi connectivity index (χ2n) is 5.07. The zero-order valence-electron chi connectivity index (χ0n) is 14.7. The highest BCUT2D eigenvalue weighted by molar-refractivity contribution is 6.12. The third-order valence-corrected chi connectivity index (χ3v) is 3.60. The number of carbonyl (C=O) groups is 1. The van der Waals surface area contributed by atoms with Crippen LogP contribution in [0.4, 0.5) is 0 Å². The van der Waals surface area contributed by atoms with Gasteiger partial charge in [0.15, 0.2) is 0 Å². The molecule has 2 N–H and O–H groups in total. The topological polar surface area (TPSA) is 84.0 Å². The maximum absolute atomic E-state index is 12.6. The number of pyridine rings is 1. The molecule has 0 atom stereocenters. The summed E-state index contributed by atoms with van der Waals surface area (Å²) < 4.78 is 11.3. The van der Waals surface area contributed by atoms with Crippen molar-refractivity contribution in [3.05, 3.63) is 59.2 Å². The quantitative estimate of drug-likeness (QED) is 0.630. The van der Waals surface area contributed by atoms with Crippen LogP contribution in [0.15, 0.2) is 58.4 Å². The molecule has 0 bridgehead atoms. The van der Waals surface area contributed by atoms with E-state index >= 15 is 0 Å². The number of nitrogens with zero attached hydrogens (tertiary/aromatic N) is 2. The number of methoxy groups -OCH3 is 1. The number of hydrogen-bond acceptors (Lipinski definition) is 5. The lowest BCUT2D eigenvalue weighted by Crippen LogP contribution is -2.43. The van der Waals surface area contributed by atoms with Crippen LogP contribution in [0.5, 0.6) is 5.88 Å². The summed E-state index contributed by atoms with van der Waals surface area (Å²) in [5.74, 6) is 0.167. The van der Waals surface area contributed by atoms with Crippen LogP contribution in [0.25, 0.3) is 0 Å². The predicted octanol–water partition coefficient (Wildman–Crippen LogP) is 1.78. The SMILES string of the molecule is C/C=C1/C=C(NC(=O)c2cccc(OC)[n+]2O)C(OCC)=C/C1=N/C. The van der Waals surface area contributed by atoms with Crippen LogP contribution in [-0.2, 0) is 4.74 Å². The zero-order chi connectivity index (χ0) is 18.4. The number of aliphatic imine (C=N–C) groups is 1. The standard InChI is InChI=1S/C18H21N3O4/c1-5-12-10-14(16(25-6-2)11-13(12)19-3)20-18(22)15-8-7-9-17(24-4)21(15)23/h5,7-11H,6H2,1-4H3,(H-,20,22,23)/p+1/b12-5-,19-13-.